The fourth-order valence-corrected chi connectivity index (χ4v) is 3.31. The SMILES string of the molecule is FC(F)(F)c1cccc(Cc2noc(-c3ccccc3OC3CCNCC3)n2)c1. The maximum atomic E-state index is 12.9. The molecule has 0 atom stereocenters. The van der Waals surface area contributed by atoms with Gasteiger partial charge in [0.15, 0.2) is 5.82 Å². The summed E-state index contributed by atoms with van der Waals surface area (Å²) in [5.41, 5.74) is 0.444. The van der Waals surface area contributed by atoms with Gasteiger partial charge in [-0.1, -0.05) is 35.5 Å². The van der Waals surface area contributed by atoms with Crippen LogP contribution in [0.2, 0.25) is 0 Å². The van der Waals surface area contributed by atoms with Crippen molar-refractivity contribution in [1.82, 2.24) is 15.5 Å². The smallest absolute Gasteiger partial charge is 0.416 e. The molecule has 1 aliphatic heterocycles. The molecule has 0 amide bonds. The number of nitrogens with one attached hydrogen (secondary N) is 1. The van der Waals surface area contributed by atoms with Crippen LogP contribution < -0.4 is 10.1 Å². The van der Waals surface area contributed by atoms with Crippen molar-refractivity contribution in [3.8, 4) is 17.2 Å². The average molecular weight is 403 g/mol. The summed E-state index contributed by atoms with van der Waals surface area (Å²) in [5, 5.41) is 7.23. The van der Waals surface area contributed by atoms with Crippen LogP contribution in [0.5, 0.6) is 5.75 Å². The summed E-state index contributed by atoms with van der Waals surface area (Å²) in [6, 6.07) is 12.5. The molecule has 1 saturated heterocycles. The van der Waals surface area contributed by atoms with Gasteiger partial charge in [0.1, 0.15) is 11.9 Å². The number of nitrogens with zero attached hydrogens (tertiary/aromatic N) is 2. The van der Waals surface area contributed by atoms with E-state index in [2.05, 4.69) is 15.5 Å². The Labute approximate surface area is 165 Å². The largest absolute Gasteiger partial charge is 0.489 e. The minimum atomic E-state index is -4.39. The van der Waals surface area contributed by atoms with Gasteiger partial charge in [0, 0.05) is 6.42 Å². The average Bonchev–Trinajstić information content (AvgIpc) is 3.17. The highest BCUT2D eigenvalue weighted by Crippen LogP contribution is 2.32. The fourth-order valence-electron chi connectivity index (χ4n) is 3.31. The monoisotopic (exact) mass is 403 g/mol. The Morgan fingerprint density at radius 3 is 2.66 bits per heavy atom. The lowest BCUT2D eigenvalue weighted by Gasteiger charge is -2.24. The first-order chi connectivity index (χ1) is 14.0. The zero-order valence-electron chi connectivity index (χ0n) is 15.6. The van der Waals surface area contributed by atoms with Crippen molar-refractivity contribution in [3.05, 3.63) is 65.5 Å². The maximum absolute atomic E-state index is 12.9. The summed E-state index contributed by atoms with van der Waals surface area (Å²) >= 11 is 0. The maximum Gasteiger partial charge on any atom is 0.416 e. The first-order valence-electron chi connectivity index (χ1n) is 9.44. The highest BCUT2D eigenvalue weighted by molar-refractivity contribution is 5.62. The van der Waals surface area contributed by atoms with Crippen molar-refractivity contribution >= 4 is 0 Å². The molecular formula is C21H20F3N3O2. The predicted octanol–water partition coefficient (Wildman–Crippen LogP) is 4.48. The summed E-state index contributed by atoms with van der Waals surface area (Å²) in [5.74, 6) is 1.26. The number of hydrogen-bond donors (Lipinski definition) is 1. The molecule has 8 heteroatoms. The van der Waals surface area contributed by atoms with Gasteiger partial charge in [-0.3, -0.25) is 0 Å². The van der Waals surface area contributed by atoms with Crippen molar-refractivity contribution in [1.29, 1.82) is 0 Å². The van der Waals surface area contributed by atoms with Crippen LogP contribution in [0.4, 0.5) is 13.2 Å². The quantitative estimate of drug-likeness (QED) is 0.681. The van der Waals surface area contributed by atoms with Gasteiger partial charge >= 0.3 is 6.18 Å². The Hall–Kier alpha value is -2.87. The van der Waals surface area contributed by atoms with E-state index in [1.54, 1.807) is 6.07 Å². The molecule has 5 nitrogen and oxygen atoms in total. The first-order valence-corrected chi connectivity index (χ1v) is 9.44. The van der Waals surface area contributed by atoms with Gasteiger partial charge in [-0.15, -0.1) is 0 Å². The van der Waals surface area contributed by atoms with E-state index in [4.69, 9.17) is 9.26 Å². The van der Waals surface area contributed by atoms with E-state index in [-0.39, 0.29) is 18.4 Å². The molecule has 0 radical (unpaired) electrons. The molecule has 0 aliphatic carbocycles. The zero-order valence-corrected chi connectivity index (χ0v) is 15.6. The number of hydrogen-bond acceptors (Lipinski definition) is 5. The number of para-hydroxylation sites is 1. The van der Waals surface area contributed by atoms with Crippen molar-refractivity contribution < 1.29 is 22.4 Å². The second-order valence-electron chi connectivity index (χ2n) is 6.95. The van der Waals surface area contributed by atoms with E-state index in [0.29, 0.717) is 22.7 Å². The lowest BCUT2D eigenvalue weighted by atomic mass is 10.1. The molecule has 0 saturated carbocycles. The standard InChI is InChI=1S/C21H20F3N3O2/c22-21(23,24)15-5-3-4-14(12-15)13-19-26-20(29-27-19)17-6-1-2-7-18(17)28-16-8-10-25-11-9-16/h1-7,12,16,25H,8-11,13H2. The molecule has 0 spiro atoms. The van der Waals surface area contributed by atoms with Crippen molar-refractivity contribution in [2.75, 3.05) is 13.1 Å². The molecule has 0 bridgehead atoms. The van der Waals surface area contributed by atoms with Crippen molar-refractivity contribution in [2.24, 2.45) is 0 Å². The Bertz CT molecular complexity index is 966. The minimum absolute atomic E-state index is 0.116. The molecule has 4 rings (SSSR count). The summed E-state index contributed by atoms with van der Waals surface area (Å²) in [4.78, 5) is 4.37. The van der Waals surface area contributed by atoms with Crippen LogP contribution in [0.3, 0.4) is 0 Å². The topological polar surface area (TPSA) is 60.2 Å². The Morgan fingerprint density at radius 2 is 1.86 bits per heavy atom. The van der Waals surface area contributed by atoms with Crippen LogP contribution in [-0.2, 0) is 12.6 Å². The number of alkyl halides is 3. The van der Waals surface area contributed by atoms with Crippen LogP contribution >= 0.6 is 0 Å². The fraction of sp³-hybridized carbons (Fsp3) is 0.333. The van der Waals surface area contributed by atoms with Gasteiger partial charge < -0.3 is 14.6 Å². The molecule has 2 aromatic carbocycles. The number of rotatable bonds is 5. The molecule has 0 unspecified atom stereocenters. The third-order valence-corrected chi connectivity index (χ3v) is 4.78. The van der Waals surface area contributed by atoms with Crippen molar-refractivity contribution in [3.63, 3.8) is 0 Å². The van der Waals surface area contributed by atoms with Gasteiger partial charge in [-0.05, 0) is 49.7 Å². The number of piperidine rings is 1. The lowest BCUT2D eigenvalue weighted by Crippen LogP contribution is -2.34. The first kappa shape index (κ1) is 19.4. The van der Waals surface area contributed by atoms with E-state index >= 15 is 0 Å². The highest BCUT2D eigenvalue weighted by Gasteiger charge is 2.30. The summed E-state index contributed by atoms with van der Waals surface area (Å²) in [6.45, 7) is 1.82. The second-order valence-corrected chi connectivity index (χ2v) is 6.95. The van der Waals surface area contributed by atoms with E-state index in [9.17, 15) is 13.2 Å². The Morgan fingerprint density at radius 1 is 1.07 bits per heavy atom. The number of aromatic nitrogens is 2. The van der Waals surface area contributed by atoms with Crippen LogP contribution in [0, 0.1) is 0 Å². The van der Waals surface area contributed by atoms with Crippen LogP contribution in [0.15, 0.2) is 53.1 Å². The minimum Gasteiger partial charge on any atom is -0.489 e. The summed E-state index contributed by atoms with van der Waals surface area (Å²) < 4.78 is 50.2. The normalized spacial score (nSPS) is 15.4. The molecular weight excluding hydrogens is 383 g/mol. The molecule has 29 heavy (non-hydrogen) atoms. The molecule has 1 N–H and O–H groups in total. The van der Waals surface area contributed by atoms with Gasteiger partial charge in [-0.2, -0.15) is 18.2 Å². The second kappa shape index (κ2) is 8.24. The third-order valence-electron chi connectivity index (χ3n) is 4.78. The van der Waals surface area contributed by atoms with E-state index < -0.39 is 11.7 Å². The number of benzene rings is 2. The Kier molecular flexibility index (Phi) is 5.53. The number of halogens is 3. The van der Waals surface area contributed by atoms with Crippen LogP contribution in [0.1, 0.15) is 29.8 Å². The molecule has 3 aromatic rings. The van der Waals surface area contributed by atoms with E-state index in [1.807, 2.05) is 24.3 Å². The van der Waals surface area contributed by atoms with Gasteiger partial charge in [0.2, 0.25) is 0 Å². The highest BCUT2D eigenvalue weighted by atomic mass is 19.4. The van der Waals surface area contributed by atoms with E-state index in [1.165, 1.54) is 6.07 Å². The Balaban J connectivity index is 1.52. The van der Waals surface area contributed by atoms with Crippen LogP contribution in [0.25, 0.3) is 11.5 Å². The molecule has 2 heterocycles. The summed E-state index contributed by atoms with van der Waals surface area (Å²) in [6.07, 6.45) is -2.30. The lowest BCUT2D eigenvalue weighted by molar-refractivity contribution is -0.137. The number of ether oxygens (including phenoxy) is 1. The van der Waals surface area contributed by atoms with Gasteiger partial charge in [0.05, 0.1) is 11.1 Å². The molecule has 1 fully saturated rings. The van der Waals surface area contributed by atoms with E-state index in [0.717, 1.165) is 38.1 Å². The van der Waals surface area contributed by atoms with Gasteiger partial charge in [0.25, 0.3) is 5.89 Å². The molecule has 1 aliphatic rings. The predicted molar refractivity (Wildman–Crippen MR) is 101 cm³/mol. The third kappa shape index (κ3) is 4.76. The van der Waals surface area contributed by atoms with Gasteiger partial charge in [-0.25, -0.2) is 0 Å². The molecule has 1 aromatic heterocycles. The molecule has 152 valence electrons. The summed E-state index contributed by atoms with van der Waals surface area (Å²) in [7, 11) is 0. The van der Waals surface area contributed by atoms with Crippen molar-refractivity contribution in [2.45, 2.75) is 31.5 Å². The van der Waals surface area contributed by atoms with Crippen LogP contribution in [-0.4, -0.2) is 29.3 Å². The zero-order chi connectivity index (χ0) is 20.3.